The zero-order valence-electron chi connectivity index (χ0n) is 5.84. The Balaban J connectivity index is 3.15. The number of carbonyl (C=O) groups is 1. The second-order valence-electron chi connectivity index (χ2n) is 2.01. The molecule has 1 rings (SSSR count). The molecule has 0 aliphatic rings. The number of oxazole rings is 1. The van der Waals surface area contributed by atoms with Gasteiger partial charge < -0.3 is 10.2 Å². The SMILES string of the molecule is CC(=O)c1nc(N)oc1C. The topological polar surface area (TPSA) is 69.1 Å². The number of anilines is 1. The van der Waals surface area contributed by atoms with Crippen LogP contribution in [0.5, 0.6) is 0 Å². The van der Waals surface area contributed by atoms with Gasteiger partial charge in [0.05, 0.1) is 0 Å². The number of hydrogen-bond donors (Lipinski definition) is 1. The average molecular weight is 140 g/mol. The van der Waals surface area contributed by atoms with E-state index >= 15 is 0 Å². The second-order valence-corrected chi connectivity index (χ2v) is 2.01. The molecule has 10 heavy (non-hydrogen) atoms. The molecule has 0 unspecified atom stereocenters. The van der Waals surface area contributed by atoms with Crippen LogP contribution in [0.2, 0.25) is 0 Å². The molecule has 1 aromatic heterocycles. The van der Waals surface area contributed by atoms with Gasteiger partial charge >= 0.3 is 0 Å². The second kappa shape index (κ2) is 2.13. The van der Waals surface area contributed by atoms with Crippen molar-refractivity contribution in [3.63, 3.8) is 0 Å². The maximum Gasteiger partial charge on any atom is 0.292 e. The molecule has 4 nitrogen and oxygen atoms in total. The first-order valence-electron chi connectivity index (χ1n) is 2.85. The van der Waals surface area contributed by atoms with Crippen molar-refractivity contribution in [2.24, 2.45) is 0 Å². The van der Waals surface area contributed by atoms with Crippen LogP contribution in [0.15, 0.2) is 4.42 Å². The van der Waals surface area contributed by atoms with E-state index in [9.17, 15) is 4.79 Å². The van der Waals surface area contributed by atoms with Crippen molar-refractivity contribution >= 4 is 11.8 Å². The van der Waals surface area contributed by atoms with Gasteiger partial charge in [-0.05, 0) is 6.92 Å². The van der Waals surface area contributed by atoms with E-state index in [1.54, 1.807) is 6.92 Å². The largest absolute Gasteiger partial charge is 0.428 e. The number of aromatic nitrogens is 1. The van der Waals surface area contributed by atoms with E-state index in [0.717, 1.165) is 0 Å². The van der Waals surface area contributed by atoms with Crippen LogP contribution >= 0.6 is 0 Å². The Morgan fingerprint density at radius 1 is 1.70 bits per heavy atom. The summed E-state index contributed by atoms with van der Waals surface area (Å²) in [6.45, 7) is 3.07. The molecule has 0 aliphatic carbocycles. The zero-order chi connectivity index (χ0) is 7.72. The molecule has 0 spiro atoms. The minimum absolute atomic E-state index is 0.0442. The maximum atomic E-state index is 10.7. The highest BCUT2D eigenvalue weighted by Gasteiger charge is 2.10. The number of hydrogen-bond acceptors (Lipinski definition) is 4. The van der Waals surface area contributed by atoms with Crippen molar-refractivity contribution < 1.29 is 9.21 Å². The number of aryl methyl sites for hydroxylation is 1. The van der Waals surface area contributed by atoms with Gasteiger partial charge in [0.15, 0.2) is 5.78 Å². The number of nitrogens with two attached hydrogens (primary N) is 1. The van der Waals surface area contributed by atoms with E-state index in [1.807, 2.05) is 0 Å². The summed E-state index contributed by atoms with van der Waals surface area (Å²) in [4.78, 5) is 14.4. The summed E-state index contributed by atoms with van der Waals surface area (Å²) >= 11 is 0. The number of nitrogens with zero attached hydrogens (tertiary/aromatic N) is 1. The summed E-state index contributed by atoms with van der Waals surface area (Å²) in [5, 5.41) is 0. The first kappa shape index (κ1) is 6.80. The summed E-state index contributed by atoms with van der Waals surface area (Å²) < 4.78 is 4.82. The number of Topliss-reactive ketones (excluding diaryl/α,β-unsaturated/α-hetero) is 1. The molecule has 0 atom stereocenters. The Bertz CT molecular complexity index is 265. The van der Waals surface area contributed by atoms with Crippen molar-refractivity contribution in [3.8, 4) is 0 Å². The quantitative estimate of drug-likeness (QED) is 0.585. The average Bonchev–Trinajstić information content (AvgIpc) is 2.10. The third kappa shape index (κ3) is 1.00. The zero-order valence-corrected chi connectivity index (χ0v) is 5.84. The van der Waals surface area contributed by atoms with Crippen LogP contribution in [-0.2, 0) is 0 Å². The summed E-state index contributed by atoms with van der Waals surface area (Å²) in [5.74, 6) is 0.350. The predicted molar refractivity (Wildman–Crippen MR) is 35.7 cm³/mol. The van der Waals surface area contributed by atoms with E-state index in [2.05, 4.69) is 4.98 Å². The van der Waals surface area contributed by atoms with Crippen LogP contribution in [0.3, 0.4) is 0 Å². The lowest BCUT2D eigenvalue weighted by Gasteiger charge is -1.83. The highest BCUT2D eigenvalue weighted by molar-refractivity contribution is 5.93. The fraction of sp³-hybridized carbons (Fsp3) is 0.333. The molecule has 2 N–H and O–H groups in total. The Labute approximate surface area is 58.0 Å². The van der Waals surface area contributed by atoms with Gasteiger partial charge in [-0.15, -0.1) is 0 Å². The first-order valence-corrected chi connectivity index (χ1v) is 2.85. The molecule has 0 saturated heterocycles. The summed E-state index contributed by atoms with van der Waals surface area (Å²) in [6.07, 6.45) is 0. The highest BCUT2D eigenvalue weighted by atomic mass is 16.4. The molecule has 0 fully saturated rings. The Kier molecular flexibility index (Phi) is 1.45. The Morgan fingerprint density at radius 2 is 2.30 bits per heavy atom. The van der Waals surface area contributed by atoms with E-state index < -0.39 is 0 Å². The van der Waals surface area contributed by atoms with Gasteiger partial charge in [0, 0.05) is 6.92 Å². The van der Waals surface area contributed by atoms with Gasteiger partial charge in [0.2, 0.25) is 0 Å². The highest BCUT2D eigenvalue weighted by Crippen LogP contribution is 2.10. The molecular formula is C6H8N2O2. The van der Waals surface area contributed by atoms with Crippen molar-refractivity contribution in [1.82, 2.24) is 4.98 Å². The first-order chi connectivity index (χ1) is 4.61. The van der Waals surface area contributed by atoms with Crippen LogP contribution in [-0.4, -0.2) is 10.8 Å². The minimum atomic E-state index is -0.127. The lowest BCUT2D eigenvalue weighted by molar-refractivity contribution is 0.101. The molecular weight excluding hydrogens is 132 g/mol. The van der Waals surface area contributed by atoms with Crippen molar-refractivity contribution in [2.75, 3.05) is 5.73 Å². The molecule has 0 radical (unpaired) electrons. The third-order valence-electron chi connectivity index (χ3n) is 1.15. The standard InChI is InChI=1S/C6H8N2O2/c1-3(9)5-4(2)10-6(7)8-5/h1-2H3,(H2,7,8). The molecule has 1 aromatic rings. The van der Waals surface area contributed by atoms with Gasteiger partial charge in [-0.3, -0.25) is 4.79 Å². The molecule has 4 heteroatoms. The van der Waals surface area contributed by atoms with E-state index in [4.69, 9.17) is 10.2 Å². The monoisotopic (exact) mass is 140 g/mol. The molecule has 0 aliphatic heterocycles. The summed E-state index contributed by atoms with van der Waals surface area (Å²) in [6, 6.07) is 0.0442. The molecule has 54 valence electrons. The fourth-order valence-corrected chi connectivity index (χ4v) is 0.744. The van der Waals surface area contributed by atoms with Crippen molar-refractivity contribution in [3.05, 3.63) is 11.5 Å². The number of carbonyl (C=O) groups excluding carboxylic acids is 1. The predicted octanol–water partition coefficient (Wildman–Crippen LogP) is 0.768. The maximum absolute atomic E-state index is 10.7. The summed E-state index contributed by atoms with van der Waals surface area (Å²) in [7, 11) is 0. The van der Waals surface area contributed by atoms with Gasteiger partial charge in [0.1, 0.15) is 11.5 Å². The van der Waals surface area contributed by atoms with Crippen LogP contribution in [0, 0.1) is 6.92 Å². The Morgan fingerprint density at radius 3 is 2.50 bits per heavy atom. The summed E-state index contributed by atoms with van der Waals surface area (Å²) in [5.41, 5.74) is 5.50. The normalized spacial score (nSPS) is 9.80. The van der Waals surface area contributed by atoms with E-state index in [0.29, 0.717) is 11.5 Å². The van der Waals surface area contributed by atoms with Gasteiger partial charge in [0.25, 0.3) is 6.01 Å². The van der Waals surface area contributed by atoms with Gasteiger partial charge in [-0.25, -0.2) is 0 Å². The van der Waals surface area contributed by atoms with E-state index in [-0.39, 0.29) is 11.8 Å². The molecule has 0 aromatic carbocycles. The molecule has 0 bridgehead atoms. The van der Waals surface area contributed by atoms with Crippen LogP contribution in [0.4, 0.5) is 6.01 Å². The number of ketones is 1. The minimum Gasteiger partial charge on any atom is -0.428 e. The molecule has 1 heterocycles. The lowest BCUT2D eigenvalue weighted by atomic mass is 10.3. The van der Waals surface area contributed by atoms with Crippen molar-refractivity contribution in [1.29, 1.82) is 0 Å². The number of rotatable bonds is 1. The fourth-order valence-electron chi connectivity index (χ4n) is 0.744. The van der Waals surface area contributed by atoms with Gasteiger partial charge in [-0.2, -0.15) is 4.98 Å². The molecule has 0 saturated carbocycles. The van der Waals surface area contributed by atoms with Crippen LogP contribution < -0.4 is 5.73 Å². The van der Waals surface area contributed by atoms with E-state index in [1.165, 1.54) is 6.92 Å². The number of nitrogen functional groups attached to an aromatic ring is 1. The lowest BCUT2D eigenvalue weighted by Crippen LogP contribution is -1.94. The van der Waals surface area contributed by atoms with Gasteiger partial charge in [-0.1, -0.05) is 0 Å². The van der Waals surface area contributed by atoms with Crippen LogP contribution in [0.1, 0.15) is 23.2 Å². The molecule has 0 amide bonds. The smallest absolute Gasteiger partial charge is 0.292 e. The Hall–Kier alpha value is -1.32. The van der Waals surface area contributed by atoms with Crippen LogP contribution in [0.25, 0.3) is 0 Å². The third-order valence-corrected chi connectivity index (χ3v) is 1.15. The van der Waals surface area contributed by atoms with Crippen molar-refractivity contribution in [2.45, 2.75) is 13.8 Å².